The summed E-state index contributed by atoms with van der Waals surface area (Å²) in [6.45, 7) is 24.4. The summed E-state index contributed by atoms with van der Waals surface area (Å²) in [6.07, 6.45) is 1.90. The van der Waals surface area contributed by atoms with Crippen molar-refractivity contribution in [2.45, 2.75) is 78.6 Å². The van der Waals surface area contributed by atoms with Gasteiger partial charge in [-0.3, -0.25) is 0 Å². The van der Waals surface area contributed by atoms with Crippen molar-refractivity contribution < 1.29 is 25.8 Å². The van der Waals surface area contributed by atoms with E-state index in [-0.39, 0.29) is 37.3 Å². The fourth-order valence-corrected chi connectivity index (χ4v) is 6.48. The molecule has 1 fully saturated rings. The van der Waals surface area contributed by atoms with Crippen molar-refractivity contribution >= 4 is 33.2 Å². The number of pyridine rings is 1. The fraction of sp³-hybridized carbons (Fsp3) is 0.318. The molecule has 262 valence electrons. The van der Waals surface area contributed by atoms with E-state index in [1.54, 1.807) is 0 Å². The Bertz CT molecular complexity index is 2130. The van der Waals surface area contributed by atoms with E-state index in [4.69, 9.17) is 9.72 Å². The predicted molar refractivity (Wildman–Crippen MR) is 204 cm³/mol. The van der Waals surface area contributed by atoms with Crippen LogP contribution in [0.3, 0.4) is 0 Å². The van der Waals surface area contributed by atoms with E-state index in [0.29, 0.717) is 11.5 Å². The van der Waals surface area contributed by atoms with Gasteiger partial charge in [0.25, 0.3) is 0 Å². The maximum atomic E-state index is 6.47. The standard InChI is InChI=1S/C44H47N4O.Pt/c1-42(2,3)30-19-20-45-41(26-30)48-39-16-11-10-15-37(39)38-18-17-36(28-40(38)48)49-35-14-12-13-33(27-35)46-21-22-47(29-46)34-24-31(43(4,5)6)23-32(25-34)44(7,8)9;/h10-20,23-26,29H,21-22H2,1-9H3;/q-3;. The van der Waals surface area contributed by atoms with Crippen LogP contribution in [0.1, 0.15) is 79.0 Å². The van der Waals surface area contributed by atoms with Crippen molar-refractivity contribution in [1.29, 1.82) is 0 Å². The molecule has 1 aliphatic heterocycles. The third kappa shape index (κ3) is 7.08. The van der Waals surface area contributed by atoms with Crippen molar-refractivity contribution in [3.05, 3.63) is 127 Å². The molecule has 1 saturated heterocycles. The summed E-state index contributed by atoms with van der Waals surface area (Å²) in [6, 6.07) is 37.1. The summed E-state index contributed by atoms with van der Waals surface area (Å²) in [5.41, 5.74) is 8.31. The van der Waals surface area contributed by atoms with Gasteiger partial charge in [-0.05, 0) is 68.7 Å². The molecule has 6 heteroatoms. The predicted octanol–water partition coefficient (Wildman–Crippen LogP) is 10.9. The molecule has 0 N–H and O–H groups in total. The molecule has 0 radical (unpaired) electrons. The van der Waals surface area contributed by atoms with Crippen LogP contribution in [0.2, 0.25) is 0 Å². The molecule has 0 aliphatic carbocycles. The molecule has 0 unspecified atom stereocenters. The van der Waals surface area contributed by atoms with Gasteiger partial charge in [0.1, 0.15) is 5.82 Å². The van der Waals surface area contributed by atoms with E-state index in [0.717, 1.165) is 46.4 Å². The molecule has 7 rings (SSSR count). The second-order valence-electron chi connectivity index (χ2n) is 16.4. The third-order valence-electron chi connectivity index (χ3n) is 9.52. The second-order valence-corrected chi connectivity index (χ2v) is 16.4. The molecular weight excluding hydrogens is 796 g/mol. The van der Waals surface area contributed by atoms with Crippen LogP contribution in [0, 0.1) is 18.8 Å². The van der Waals surface area contributed by atoms with Crippen LogP contribution in [-0.2, 0) is 37.3 Å². The molecule has 1 aliphatic rings. The fourth-order valence-electron chi connectivity index (χ4n) is 6.48. The van der Waals surface area contributed by atoms with Gasteiger partial charge in [-0.15, -0.1) is 35.3 Å². The van der Waals surface area contributed by atoms with Gasteiger partial charge in [-0.1, -0.05) is 92.1 Å². The topological polar surface area (TPSA) is 33.5 Å². The first-order chi connectivity index (χ1) is 23.1. The number of aromatic nitrogens is 2. The second kappa shape index (κ2) is 13.2. The number of ether oxygens (including phenoxy) is 1. The number of nitrogens with zero attached hydrogens (tertiary/aromatic N) is 4. The first-order valence-electron chi connectivity index (χ1n) is 17.3. The first kappa shape index (κ1) is 35.7. The van der Waals surface area contributed by atoms with Crippen molar-refractivity contribution in [1.82, 2.24) is 9.55 Å². The van der Waals surface area contributed by atoms with E-state index in [9.17, 15) is 0 Å². The number of hydrogen-bond donors (Lipinski definition) is 0. The minimum Gasteiger partial charge on any atom is -0.522 e. The molecule has 0 amide bonds. The van der Waals surface area contributed by atoms with Crippen LogP contribution in [0.15, 0.2) is 91.1 Å². The summed E-state index contributed by atoms with van der Waals surface area (Å²) in [4.78, 5) is 9.42. The van der Waals surface area contributed by atoms with Crippen LogP contribution in [0.5, 0.6) is 11.5 Å². The molecule has 0 spiro atoms. The average molecular weight is 843 g/mol. The minimum absolute atomic E-state index is 0. The number of anilines is 2. The number of para-hydroxylation sites is 1. The molecular formula is C44H47N4OPt-3. The summed E-state index contributed by atoms with van der Waals surface area (Å²) in [5.74, 6) is 2.16. The van der Waals surface area contributed by atoms with Gasteiger partial charge in [-0.25, -0.2) is 4.98 Å². The van der Waals surface area contributed by atoms with E-state index < -0.39 is 0 Å². The Kier molecular flexibility index (Phi) is 9.46. The van der Waals surface area contributed by atoms with Crippen LogP contribution in [-0.4, -0.2) is 22.6 Å². The van der Waals surface area contributed by atoms with Crippen LogP contribution >= 0.6 is 0 Å². The van der Waals surface area contributed by atoms with Crippen molar-refractivity contribution in [3.63, 3.8) is 0 Å². The Hall–Kier alpha value is -4.08. The molecule has 3 heterocycles. The monoisotopic (exact) mass is 842 g/mol. The molecule has 0 bridgehead atoms. The molecule has 5 nitrogen and oxygen atoms in total. The Morgan fingerprint density at radius 2 is 1.30 bits per heavy atom. The van der Waals surface area contributed by atoms with Gasteiger partial charge in [0.15, 0.2) is 0 Å². The zero-order chi connectivity index (χ0) is 34.7. The number of benzene rings is 4. The van der Waals surface area contributed by atoms with E-state index in [1.807, 2.05) is 24.4 Å². The first-order valence-corrected chi connectivity index (χ1v) is 17.3. The Morgan fingerprint density at radius 3 is 2.00 bits per heavy atom. The van der Waals surface area contributed by atoms with Gasteiger partial charge in [-0.2, -0.15) is 24.9 Å². The number of rotatable bonds is 5. The molecule has 4 aromatic carbocycles. The number of fused-ring (bicyclic) bond motifs is 3. The smallest absolute Gasteiger partial charge is 0.135 e. The summed E-state index contributed by atoms with van der Waals surface area (Å²) in [7, 11) is 0. The zero-order valence-corrected chi connectivity index (χ0v) is 32.9. The van der Waals surface area contributed by atoms with Crippen LogP contribution < -0.4 is 14.5 Å². The van der Waals surface area contributed by atoms with Gasteiger partial charge in [0.2, 0.25) is 0 Å². The van der Waals surface area contributed by atoms with Crippen molar-refractivity contribution in [3.8, 4) is 17.3 Å². The Labute approximate surface area is 312 Å². The van der Waals surface area contributed by atoms with E-state index in [2.05, 4.69) is 162 Å². The average Bonchev–Trinajstić information content (AvgIpc) is 3.67. The summed E-state index contributed by atoms with van der Waals surface area (Å²) >= 11 is 0. The largest absolute Gasteiger partial charge is 0.522 e. The summed E-state index contributed by atoms with van der Waals surface area (Å²) < 4.78 is 8.67. The maximum absolute atomic E-state index is 6.47. The summed E-state index contributed by atoms with van der Waals surface area (Å²) in [5, 5.41) is 2.27. The minimum atomic E-state index is 0. The van der Waals surface area contributed by atoms with Crippen molar-refractivity contribution in [2.24, 2.45) is 0 Å². The van der Waals surface area contributed by atoms with Crippen LogP contribution in [0.25, 0.3) is 27.6 Å². The maximum Gasteiger partial charge on any atom is 0.135 e. The van der Waals surface area contributed by atoms with Gasteiger partial charge in [0.05, 0.1) is 0 Å². The third-order valence-corrected chi connectivity index (χ3v) is 9.52. The van der Waals surface area contributed by atoms with Gasteiger partial charge >= 0.3 is 0 Å². The van der Waals surface area contributed by atoms with Crippen LogP contribution in [0.4, 0.5) is 11.4 Å². The SMILES string of the molecule is CC(C)(C)c1cc(N2[CH-]N(c3[c-]c(Oc4[c-]c5c(cc4)c4ccccc4n5-c4cc(C(C)(C)C)ccn4)ccc3)CC2)cc(C(C)(C)C)c1.[Pt]. The zero-order valence-electron chi connectivity index (χ0n) is 30.7. The molecule has 50 heavy (non-hydrogen) atoms. The van der Waals surface area contributed by atoms with E-state index in [1.165, 1.54) is 22.4 Å². The Morgan fingerprint density at radius 1 is 0.640 bits per heavy atom. The molecule has 2 aromatic heterocycles. The number of hydrogen-bond acceptors (Lipinski definition) is 4. The quantitative estimate of drug-likeness (QED) is 0.162. The normalized spacial score (nSPS) is 14.0. The molecule has 0 saturated carbocycles. The van der Waals surface area contributed by atoms with Crippen molar-refractivity contribution in [2.75, 3.05) is 22.9 Å². The van der Waals surface area contributed by atoms with Gasteiger partial charge in [0, 0.05) is 63.1 Å². The Balaban J connectivity index is 0.00000432. The van der Waals surface area contributed by atoms with Gasteiger partial charge < -0.3 is 19.1 Å². The van der Waals surface area contributed by atoms with E-state index >= 15 is 0 Å². The molecule has 6 aromatic rings. The molecule has 0 atom stereocenters.